The fourth-order valence-electron chi connectivity index (χ4n) is 3.24. The smallest absolute Gasteiger partial charge is 0.414 e. The van der Waals surface area contributed by atoms with Crippen LogP contribution in [-0.2, 0) is 16.1 Å². The van der Waals surface area contributed by atoms with Crippen molar-refractivity contribution >= 4 is 29.5 Å². The van der Waals surface area contributed by atoms with E-state index in [-0.39, 0.29) is 37.0 Å². The third-order valence-electron chi connectivity index (χ3n) is 4.99. The van der Waals surface area contributed by atoms with Gasteiger partial charge in [-0.3, -0.25) is 10.1 Å². The van der Waals surface area contributed by atoms with Gasteiger partial charge in [0.2, 0.25) is 11.8 Å². The molecule has 0 saturated carbocycles. The minimum absolute atomic E-state index is 0.0311. The number of carbonyl (C=O) groups excluding carboxylic acids is 2. The Labute approximate surface area is 211 Å². The van der Waals surface area contributed by atoms with Crippen LogP contribution in [0.3, 0.4) is 0 Å². The average molecular weight is 521 g/mol. The summed E-state index contributed by atoms with van der Waals surface area (Å²) in [6, 6.07) is 14.3. The van der Waals surface area contributed by atoms with Crippen molar-refractivity contribution < 1.29 is 33.5 Å². The molecule has 2 atom stereocenters. The molecule has 0 spiro atoms. The van der Waals surface area contributed by atoms with E-state index in [9.17, 15) is 19.1 Å². The Bertz CT molecular complexity index is 1150. The highest BCUT2D eigenvalue weighted by atomic mass is 35.5. The zero-order valence-electron chi connectivity index (χ0n) is 19.1. The SMILES string of the molecule is O=C(CNCc1cccc(F)c1Cl)NC(COC(=O)Nc1cc(-c2ccccc2)no1)CC(O)CO. The number of aromatic nitrogens is 1. The molecule has 2 unspecified atom stereocenters. The van der Waals surface area contributed by atoms with E-state index in [1.165, 1.54) is 18.2 Å². The van der Waals surface area contributed by atoms with Gasteiger partial charge in [0, 0.05) is 18.2 Å². The van der Waals surface area contributed by atoms with E-state index in [0.29, 0.717) is 11.3 Å². The second kappa shape index (κ2) is 13.5. The predicted molar refractivity (Wildman–Crippen MR) is 130 cm³/mol. The Morgan fingerprint density at radius 3 is 2.69 bits per heavy atom. The molecule has 10 nitrogen and oxygen atoms in total. The standard InChI is InChI=1S/C24H26ClFN4O6/c25-23-16(7-4-8-19(23)26)11-27-12-21(33)28-17(9-18(32)13-31)14-35-24(34)29-22-10-20(30-36-22)15-5-2-1-3-6-15/h1-8,10,17-18,27,31-32H,9,11-14H2,(H,28,33)(H,29,34). The van der Waals surface area contributed by atoms with Crippen LogP contribution in [0.15, 0.2) is 59.1 Å². The second-order valence-corrected chi connectivity index (χ2v) is 8.20. The summed E-state index contributed by atoms with van der Waals surface area (Å²) in [6.07, 6.45) is -2.06. The van der Waals surface area contributed by atoms with Gasteiger partial charge >= 0.3 is 6.09 Å². The van der Waals surface area contributed by atoms with Gasteiger partial charge < -0.3 is 30.1 Å². The van der Waals surface area contributed by atoms with E-state index in [0.717, 1.165) is 5.56 Å². The monoisotopic (exact) mass is 520 g/mol. The van der Waals surface area contributed by atoms with Crippen molar-refractivity contribution in [2.24, 2.45) is 0 Å². The maximum absolute atomic E-state index is 13.5. The van der Waals surface area contributed by atoms with Gasteiger partial charge in [0.05, 0.1) is 30.3 Å². The molecule has 3 aromatic rings. The molecule has 2 amide bonds. The maximum atomic E-state index is 13.5. The summed E-state index contributed by atoms with van der Waals surface area (Å²) in [4.78, 5) is 24.5. The molecule has 1 aromatic heterocycles. The van der Waals surface area contributed by atoms with E-state index < -0.39 is 36.6 Å². The number of nitrogens with one attached hydrogen (secondary N) is 3. The molecule has 0 fully saturated rings. The number of halogens is 2. The lowest BCUT2D eigenvalue weighted by Crippen LogP contribution is -2.45. The molecule has 0 radical (unpaired) electrons. The lowest BCUT2D eigenvalue weighted by atomic mass is 10.1. The molecule has 0 bridgehead atoms. The van der Waals surface area contributed by atoms with Crippen LogP contribution in [0, 0.1) is 5.82 Å². The maximum Gasteiger partial charge on any atom is 0.414 e. The molecule has 192 valence electrons. The van der Waals surface area contributed by atoms with Crippen LogP contribution in [0.2, 0.25) is 5.02 Å². The molecule has 36 heavy (non-hydrogen) atoms. The number of ether oxygens (including phenoxy) is 1. The number of amides is 2. The molecule has 12 heteroatoms. The van der Waals surface area contributed by atoms with Gasteiger partial charge in [0.25, 0.3) is 0 Å². The Morgan fingerprint density at radius 1 is 1.17 bits per heavy atom. The van der Waals surface area contributed by atoms with Crippen LogP contribution in [0.1, 0.15) is 12.0 Å². The number of hydrogen-bond donors (Lipinski definition) is 5. The number of rotatable bonds is 12. The van der Waals surface area contributed by atoms with Gasteiger partial charge in [0.1, 0.15) is 18.1 Å². The number of anilines is 1. The molecular weight excluding hydrogens is 495 g/mol. The van der Waals surface area contributed by atoms with Gasteiger partial charge in [-0.15, -0.1) is 0 Å². The number of aliphatic hydroxyl groups excluding tert-OH is 2. The third-order valence-corrected chi connectivity index (χ3v) is 5.41. The zero-order chi connectivity index (χ0) is 25.9. The molecule has 5 N–H and O–H groups in total. The van der Waals surface area contributed by atoms with Gasteiger partial charge in [-0.05, 0) is 18.1 Å². The van der Waals surface area contributed by atoms with Gasteiger partial charge in [-0.1, -0.05) is 59.2 Å². The first kappa shape index (κ1) is 27.1. The fraction of sp³-hybridized carbons (Fsp3) is 0.292. The van der Waals surface area contributed by atoms with Crippen LogP contribution in [0.4, 0.5) is 15.1 Å². The summed E-state index contributed by atoms with van der Waals surface area (Å²) in [5.41, 5.74) is 1.81. The van der Waals surface area contributed by atoms with Gasteiger partial charge in [-0.2, -0.15) is 0 Å². The minimum atomic E-state index is -1.14. The highest BCUT2D eigenvalue weighted by Crippen LogP contribution is 2.21. The summed E-state index contributed by atoms with van der Waals surface area (Å²) in [5.74, 6) is -0.963. The van der Waals surface area contributed by atoms with E-state index in [2.05, 4.69) is 21.1 Å². The Kier molecular flexibility index (Phi) is 10.2. The molecule has 1 heterocycles. The largest absolute Gasteiger partial charge is 0.447 e. The Morgan fingerprint density at radius 2 is 1.94 bits per heavy atom. The molecule has 2 aromatic carbocycles. The average Bonchev–Trinajstić information content (AvgIpc) is 3.34. The lowest BCUT2D eigenvalue weighted by molar-refractivity contribution is -0.121. The summed E-state index contributed by atoms with van der Waals surface area (Å²) in [5, 5.41) is 30.6. The van der Waals surface area contributed by atoms with E-state index in [1.54, 1.807) is 6.07 Å². The summed E-state index contributed by atoms with van der Waals surface area (Å²) < 4.78 is 23.8. The van der Waals surface area contributed by atoms with Crippen molar-refractivity contribution in [3.8, 4) is 11.3 Å². The zero-order valence-corrected chi connectivity index (χ0v) is 19.9. The molecule has 0 aliphatic carbocycles. The van der Waals surface area contributed by atoms with Crippen LogP contribution < -0.4 is 16.0 Å². The highest BCUT2D eigenvalue weighted by molar-refractivity contribution is 6.31. The van der Waals surface area contributed by atoms with Crippen molar-refractivity contribution in [3.05, 3.63) is 71.0 Å². The van der Waals surface area contributed by atoms with Gasteiger partial charge in [0.15, 0.2) is 0 Å². The van der Waals surface area contributed by atoms with Crippen LogP contribution in [0.25, 0.3) is 11.3 Å². The third kappa shape index (κ3) is 8.31. The number of aliphatic hydroxyl groups is 2. The van der Waals surface area contributed by atoms with Crippen molar-refractivity contribution in [2.45, 2.75) is 25.1 Å². The van der Waals surface area contributed by atoms with Crippen LogP contribution >= 0.6 is 11.6 Å². The number of nitrogens with zero attached hydrogens (tertiary/aromatic N) is 1. The Balaban J connectivity index is 1.48. The van der Waals surface area contributed by atoms with Crippen molar-refractivity contribution in [1.29, 1.82) is 0 Å². The number of hydrogen-bond acceptors (Lipinski definition) is 8. The first-order chi connectivity index (χ1) is 17.4. The normalized spacial score (nSPS) is 12.6. The van der Waals surface area contributed by atoms with Crippen LogP contribution in [0.5, 0.6) is 0 Å². The number of carbonyl (C=O) groups is 2. The van der Waals surface area contributed by atoms with Crippen LogP contribution in [-0.4, -0.2) is 59.3 Å². The lowest BCUT2D eigenvalue weighted by Gasteiger charge is -2.21. The summed E-state index contributed by atoms with van der Waals surface area (Å²) in [6.45, 7) is -0.820. The quantitative estimate of drug-likeness (QED) is 0.245. The fourth-order valence-corrected chi connectivity index (χ4v) is 3.43. The van der Waals surface area contributed by atoms with E-state index in [4.69, 9.17) is 26.0 Å². The predicted octanol–water partition coefficient (Wildman–Crippen LogP) is 2.70. The summed E-state index contributed by atoms with van der Waals surface area (Å²) in [7, 11) is 0. The molecular formula is C24H26ClFN4O6. The molecule has 0 aliphatic rings. The second-order valence-electron chi connectivity index (χ2n) is 7.82. The summed E-state index contributed by atoms with van der Waals surface area (Å²) >= 11 is 5.90. The van der Waals surface area contributed by atoms with Crippen molar-refractivity contribution in [3.63, 3.8) is 0 Å². The highest BCUT2D eigenvalue weighted by Gasteiger charge is 2.19. The number of benzene rings is 2. The van der Waals surface area contributed by atoms with Crippen molar-refractivity contribution in [1.82, 2.24) is 15.8 Å². The first-order valence-corrected chi connectivity index (χ1v) is 11.4. The molecule has 3 rings (SSSR count). The van der Waals surface area contributed by atoms with E-state index >= 15 is 0 Å². The van der Waals surface area contributed by atoms with Crippen molar-refractivity contribution in [2.75, 3.05) is 25.1 Å². The Hall–Kier alpha value is -3.51. The molecule has 0 saturated heterocycles. The topological polar surface area (TPSA) is 146 Å². The first-order valence-electron chi connectivity index (χ1n) is 11.0. The van der Waals surface area contributed by atoms with E-state index in [1.807, 2.05) is 30.3 Å². The molecule has 0 aliphatic heterocycles. The minimum Gasteiger partial charge on any atom is -0.447 e. The van der Waals surface area contributed by atoms with Gasteiger partial charge in [-0.25, -0.2) is 9.18 Å².